The maximum absolute atomic E-state index is 11.8. The molecule has 0 atom stereocenters. The normalized spacial score (nSPS) is 11.9. The summed E-state index contributed by atoms with van der Waals surface area (Å²) in [6.07, 6.45) is 1.51. The Balaban J connectivity index is 2.81. The third kappa shape index (κ3) is 1.74. The topological polar surface area (TPSA) is 55.1 Å². The molecule has 1 N–H and O–H groups in total. The molecule has 4 nitrogen and oxygen atoms in total. The summed E-state index contributed by atoms with van der Waals surface area (Å²) in [6.45, 7) is 6.35. The molecule has 0 radical (unpaired) electrons. The van der Waals surface area contributed by atoms with E-state index in [1.54, 1.807) is 12.1 Å². The SMILES string of the molecule is C[Si](C)(C)c1cc2n(O)cccc-2c(=O)n1. The van der Waals surface area contributed by atoms with Crippen LogP contribution in [-0.4, -0.2) is 23.0 Å². The van der Waals surface area contributed by atoms with Crippen LogP contribution in [0.2, 0.25) is 19.6 Å². The first kappa shape index (κ1) is 10.9. The van der Waals surface area contributed by atoms with Gasteiger partial charge >= 0.3 is 0 Å². The number of nitrogens with zero attached hydrogens (tertiary/aromatic N) is 2. The Kier molecular flexibility index (Phi) is 2.34. The summed E-state index contributed by atoms with van der Waals surface area (Å²) < 4.78 is 0.974. The zero-order valence-corrected chi connectivity index (χ0v) is 10.6. The molecule has 0 spiro atoms. The van der Waals surface area contributed by atoms with Crippen molar-refractivity contribution < 1.29 is 5.21 Å². The molecule has 2 heterocycles. The van der Waals surface area contributed by atoms with Gasteiger partial charge < -0.3 is 5.21 Å². The standard InChI is InChI=1S/C11H14N2O2Si/c1-16(2,3)10-7-9-8(11(14)12-10)5-4-6-13(9)15/h4-7,15H,1-3H3. The van der Waals surface area contributed by atoms with Crippen molar-refractivity contribution in [3.8, 4) is 11.3 Å². The van der Waals surface area contributed by atoms with Gasteiger partial charge in [0, 0.05) is 11.5 Å². The second-order valence-electron chi connectivity index (χ2n) is 4.85. The number of pyridine rings is 2. The molecule has 2 rings (SSSR count). The molecule has 2 aliphatic rings. The van der Waals surface area contributed by atoms with E-state index in [-0.39, 0.29) is 5.56 Å². The Bertz CT molecular complexity index is 557. The summed E-state index contributed by atoms with van der Waals surface area (Å²) in [6, 6.07) is 5.11. The van der Waals surface area contributed by atoms with Gasteiger partial charge in [-0.3, -0.25) is 4.79 Å². The molecular weight excluding hydrogens is 220 g/mol. The van der Waals surface area contributed by atoms with E-state index < -0.39 is 8.07 Å². The summed E-state index contributed by atoms with van der Waals surface area (Å²) in [5, 5.41) is 10.5. The summed E-state index contributed by atoms with van der Waals surface area (Å²) in [4.78, 5) is 15.9. The third-order valence-corrected chi connectivity index (χ3v) is 4.30. The van der Waals surface area contributed by atoms with Gasteiger partial charge in [-0.25, -0.2) is 4.98 Å². The predicted octanol–water partition coefficient (Wildman–Crippen LogP) is 1.13. The Hall–Kier alpha value is -1.62. The Labute approximate surface area is 94.5 Å². The molecule has 84 valence electrons. The zero-order valence-electron chi connectivity index (χ0n) is 9.56. The molecule has 0 amide bonds. The largest absolute Gasteiger partial charge is 0.428 e. The Morgan fingerprint density at radius 2 is 2.06 bits per heavy atom. The van der Waals surface area contributed by atoms with Gasteiger partial charge in [0.25, 0.3) is 5.56 Å². The molecule has 0 fully saturated rings. The summed E-state index contributed by atoms with van der Waals surface area (Å²) in [7, 11) is -1.64. The first-order valence-corrected chi connectivity index (χ1v) is 8.62. The van der Waals surface area contributed by atoms with E-state index in [0.717, 1.165) is 10.0 Å². The van der Waals surface area contributed by atoms with E-state index in [4.69, 9.17) is 0 Å². The molecule has 0 aliphatic carbocycles. The Morgan fingerprint density at radius 3 is 2.69 bits per heavy atom. The van der Waals surface area contributed by atoms with Crippen molar-refractivity contribution in [1.82, 2.24) is 9.71 Å². The predicted molar refractivity (Wildman–Crippen MR) is 65.3 cm³/mol. The van der Waals surface area contributed by atoms with Crippen molar-refractivity contribution in [2.45, 2.75) is 19.6 Å². The van der Waals surface area contributed by atoms with Crippen LogP contribution in [0.3, 0.4) is 0 Å². The maximum atomic E-state index is 11.8. The van der Waals surface area contributed by atoms with Crippen molar-refractivity contribution in [2.24, 2.45) is 0 Å². The second-order valence-corrected chi connectivity index (χ2v) is 9.86. The fourth-order valence-corrected chi connectivity index (χ4v) is 2.56. The van der Waals surface area contributed by atoms with E-state index in [1.807, 2.05) is 6.07 Å². The first-order valence-electron chi connectivity index (χ1n) is 5.12. The highest BCUT2D eigenvalue weighted by Gasteiger charge is 2.22. The molecular formula is C11H14N2O2Si. The molecule has 0 bridgehead atoms. The number of rotatable bonds is 1. The van der Waals surface area contributed by atoms with Gasteiger partial charge in [0.1, 0.15) is 8.07 Å². The van der Waals surface area contributed by atoms with E-state index >= 15 is 0 Å². The van der Waals surface area contributed by atoms with Gasteiger partial charge in [0.15, 0.2) is 0 Å². The second kappa shape index (κ2) is 3.45. The lowest BCUT2D eigenvalue weighted by atomic mass is 10.2. The van der Waals surface area contributed by atoms with Crippen molar-refractivity contribution >= 4 is 13.4 Å². The van der Waals surface area contributed by atoms with E-state index in [1.165, 1.54) is 6.20 Å². The molecule has 0 aromatic heterocycles. The minimum absolute atomic E-state index is 0.265. The van der Waals surface area contributed by atoms with Crippen LogP contribution in [0.25, 0.3) is 11.3 Å². The molecule has 0 aromatic carbocycles. The highest BCUT2D eigenvalue weighted by molar-refractivity contribution is 6.88. The average molecular weight is 234 g/mol. The van der Waals surface area contributed by atoms with E-state index in [9.17, 15) is 10.0 Å². The maximum Gasteiger partial charge on any atom is 0.279 e. The van der Waals surface area contributed by atoms with Crippen LogP contribution in [0.15, 0.2) is 29.2 Å². The van der Waals surface area contributed by atoms with Crippen LogP contribution in [-0.2, 0) is 0 Å². The minimum Gasteiger partial charge on any atom is -0.428 e. The molecule has 0 aromatic rings. The van der Waals surface area contributed by atoms with Gasteiger partial charge in [0.2, 0.25) is 0 Å². The van der Waals surface area contributed by atoms with Crippen molar-refractivity contribution in [1.29, 1.82) is 0 Å². The molecule has 2 aliphatic heterocycles. The summed E-state index contributed by atoms with van der Waals surface area (Å²) >= 11 is 0. The fourth-order valence-electron chi connectivity index (χ4n) is 1.55. The number of hydrogen-bond donors (Lipinski definition) is 1. The minimum atomic E-state index is -1.64. The monoisotopic (exact) mass is 234 g/mol. The van der Waals surface area contributed by atoms with Crippen molar-refractivity contribution in [3.05, 3.63) is 34.7 Å². The van der Waals surface area contributed by atoms with Gasteiger partial charge in [-0.2, -0.15) is 4.73 Å². The van der Waals surface area contributed by atoms with E-state index in [0.29, 0.717) is 11.3 Å². The lowest BCUT2D eigenvalue weighted by Crippen LogP contribution is -2.43. The van der Waals surface area contributed by atoms with Crippen LogP contribution in [0.1, 0.15) is 0 Å². The Morgan fingerprint density at radius 1 is 1.38 bits per heavy atom. The van der Waals surface area contributed by atoms with Crippen molar-refractivity contribution in [2.75, 3.05) is 0 Å². The molecule has 16 heavy (non-hydrogen) atoms. The van der Waals surface area contributed by atoms with E-state index in [2.05, 4.69) is 24.6 Å². The molecule has 5 heteroatoms. The third-order valence-electron chi connectivity index (χ3n) is 2.51. The number of hydrogen-bond acceptors (Lipinski definition) is 3. The summed E-state index contributed by atoms with van der Waals surface area (Å²) in [5.74, 6) is 0. The van der Waals surface area contributed by atoms with Gasteiger partial charge in [0.05, 0.1) is 11.3 Å². The van der Waals surface area contributed by atoms with Gasteiger partial charge in [-0.1, -0.05) is 19.6 Å². The number of fused-ring (bicyclic) bond motifs is 1. The van der Waals surface area contributed by atoms with Gasteiger partial charge in [-0.15, -0.1) is 0 Å². The smallest absolute Gasteiger partial charge is 0.279 e. The van der Waals surface area contributed by atoms with Crippen molar-refractivity contribution in [3.63, 3.8) is 0 Å². The highest BCUT2D eigenvalue weighted by Crippen LogP contribution is 2.14. The number of aromatic nitrogens is 2. The van der Waals surface area contributed by atoms with Crippen LogP contribution >= 0.6 is 0 Å². The zero-order chi connectivity index (χ0) is 11.9. The lowest BCUT2D eigenvalue weighted by Gasteiger charge is -2.17. The van der Waals surface area contributed by atoms with Crippen LogP contribution < -0.4 is 10.9 Å². The average Bonchev–Trinajstić information content (AvgIpc) is 2.18. The lowest BCUT2D eigenvalue weighted by molar-refractivity contribution is 0.189. The summed E-state index contributed by atoms with van der Waals surface area (Å²) in [5.41, 5.74) is 0.713. The highest BCUT2D eigenvalue weighted by atomic mass is 28.3. The molecule has 0 saturated carbocycles. The molecule has 0 saturated heterocycles. The van der Waals surface area contributed by atoms with Crippen LogP contribution in [0, 0.1) is 0 Å². The van der Waals surface area contributed by atoms with Gasteiger partial charge in [-0.05, 0) is 18.2 Å². The molecule has 0 unspecified atom stereocenters. The quantitative estimate of drug-likeness (QED) is 0.594. The van der Waals surface area contributed by atoms with Crippen LogP contribution in [0.5, 0.6) is 0 Å². The van der Waals surface area contributed by atoms with Crippen LogP contribution in [0.4, 0.5) is 0 Å². The fraction of sp³-hybridized carbons (Fsp3) is 0.273. The first-order chi connectivity index (χ1) is 7.39.